The summed E-state index contributed by atoms with van der Waals surface area (Å²) in [4.78, 5) is 3.19. The Balaban J connectivity index is 2.21. The highest BCUT2D eigenvalue weighted by atomic mass is 32.1. The summed E-state index contributed by atoms with van der Waals surface area (Å²) < 4.78 is 3.24. The van der Waals surface area contributed by atoms with Crippen LogP contribution in [-0.2, 0) is 6.42 Å². The minimum atomic E-state index is 0.564. The first-order valence-corrected chi connectivity index (χ1v) is 6.93. The molecule has 1 aliphatic carbocycles. The number of aromatic amines is 1. The van der Waals surface area contributed by atoms with Crippen molar-refractivity contribution < 1.29 is 0 Å². The van der Waals surface area contributed by atoms with E-state index in [1.54, 1.807) is 0 Å². The Morgan fingerprint density at radius 2 is 2.12 bits per heavy atom. The van der Waals surface area contributed by atoms with Crippen molar-refractivity contribution in [3.63, 3.8) is 0 Å². The fourth-order valence-electron chi connectivity index (χ4n) is 2.96. The van der Waals surface area contributed by atoms with E-state index in [1.165, 1.54) is 37.8 Å². The van der Waals surface area contributed by atoms with E-state index in [4.69, 9.17) is 12.2 Å². The SMILES string of the molecule is CCc1c[nH]c(=S)n1C(C)C1CCCCC1. The van der Waals surface area contributed by atoms with E-state index >= 15 is 0 Å². The van der Waals surface area contributed by atoms with Crippen molar-refractivity contribution in [3.8, 4) is 0 Å². The number of nitrogens with one attached hydrogen (secondary N) is 1. The van der Waals surface area contributed by atoms with Crippen molar-refractivity contribution >= 4 is 12.2 Å². The quantitative estimate of drug-likeness (QED) is 0.781. The zero-order valence-electron chi connectivity index (χ0n) is 10.3. The fourth-order valence-corrected chi connectivity index (χ4v) is 3.30. The van der Waals surface area contributed by atoms with Crippen molar-refractivity contribution in [1.29, 1.82) is 0 Å². The zero-order valence-corrected chi connectivity index (χ0v) is 11.1. The molecule has 1 aliphatic rings. The van der Waals surface area contributed by atoms with E-state index in [-0.39, 0.29) is 0 Å². The number of aromatic nitrogens is 2. The summed E-state index contributed by atoms with van der Waals surface area (Å²) in [6, 6.07) is 0.564. The topological polar surface area (TPSA) is 20.7 Å². The van der Waals surface area contributed by atoms with Crippen LogP contribution in [0.25, 0.3) is 0 Å². The Bertz CT molecular complexity index is 385. The van der Waals surface area contributed by atoms with Gasteiger partial charge in [-0.2, -0.15) is 0 Å². The number of nitrogens with zero attached hydrogens (tertiary/aromatic N) is 1. The second kappa shape index (κ2) is 5.17. The van der Waals surface area contributed by atoms with Crippen LogP contribution in [0.2, 0.25) is 0 Å². The molecule has 1 atom stereocenters. The predicted molar refractivity (Wildman–Crippen MR) is 70.3 cm³/mol. The molecule has 1 heterocycles. The van der Waals surface area contributed by atoms with Gasteiger partial charge < -0.3 is 9.55 Å². The molecule has 1 aromatic rings. The van der Waals surface area contributed by atoms with E-state index < -0.39 is 0 Å². The third kappa shape index (κ3) is 2.24. The van der Waals surface area contributed by atoms with Gasteiger partial charge in [0.25, 0.3) is 0 Å². The number of hydrogen-bond donors (Lipinski definition) is 1. The summed E-state index contributed by atoms with van der Waals surface area (Å²) >= 11 is 5.39. The van der Waals surface area contributed by atoms with Gasteiger partial charge in [0.1, 0.15) is 0 Å². The van der Waals surface area contributed by atoms with E-state index in [9.17, 15) is 0 Å². The van der Waals surface area contributed by atoms with Gasteiger partial charge in [0.2, 0.25) is 0 Å². The monoisotopic (exact) mass is 238 g/mol. The van der Waals surface area contributed by atoms with Crippen molar-refractivity contribution in [2.75, 3.05) is 0 Å². The molecular formula is C13H22N2S. The molecule has 0 aromatic carbocycles. The molecule has 0 aliphatic heterocycles. The van der Waals surface area contributed by atoms with E-state index in [0.717, 1.165) is 17.1 Å². The zero-order chi connectivity index (χ0) is 11.5. The first kappa shape index (κ1) is 11.9. The molecule has 1 N–H and O–H groups in total. The average Bonchev–Trinajstić information content (AvgIpc) is 2.70. The highest BCUT2D eigenvalue weighted by Crippen LogP contribution is 2.33. The Hall–Kier alpha value is -0.570. The molecule has 2 nitrogen and oxygen atoms in total. The Labute approximate surface area is 103 Å². The van der Waals surface area contributed by atoms with Crippen LogP contribution in [0, 0.1) is 10.7 Å². The van der Waals surface area contributed by atoms with E-state index in [1.807, 2.05) is 0 Å². The van der Waals surface area contributed by atoms with Gasteiger partial charge in [-0.05, 0) is 44.3 Å². The second-order valence-electron chi connectivity index (χ2n) is 4.95. The molecule has 1 saturated carbocycles. The van der Waals surface area contributed by atoms with Gasteiger partial charge in [-0.15, -0.1) is 0 Å². The van der Waals surface area contributed by atoms with Gasteiger partial charge in [-0.3, -0.25) is 0 Å². The third-order valence-electron chi connectivity index (χ3n) is 3.99. The molecule has 16 heavy (non-hydrogen) atoms. The summed E-state index contributed by atoms with van der Waals surface area (Å²) in [5.41, 5.74) is 1.35. The number of H-pyrrole nitrogens is 1. The molecule has 0 spiro atoms. The van der Waals surface area contributed by atoms with Crippen LogP contribution >= 0.6 is 12.2 Å². The lowest BCUT2D eigenvalue weighted by atomic mass is 9.84. The van der Waals surface area contributed by atoms with Gasteiger partial charge in [-0.25, -0.2) is 0 Å². The number of hydrogen-bond acceptors (Lipinski definition) is 1. The Kier molecular flexibility index (Phi) is 3.85. The van der Waals surface area contributed by atoms with Crippen molar-refractivity contribution in [1.82, 2.24) is 9.55 Å². The maximum atomic E-state index is 5.39. The van der Waals surface area contributed by atoms with Crippen LogP contribution in [-0.4, -0.2) is 9.55 Å². The minimum Gasteiger partial charge on any atom is -0.337 e. The van der Waals surface area contributed by atoms with Gasteiger partial charge in [0.15, 0.2) is 4.77 Å². The van der Waals surface area contributed by atoms with Crippen LogP contribution in [0.3, 0.4) is 0 Å². The van der Waals surface area contributed by atoms with Crippen molar-refractivity contribution in [2.24, 2.45) is 5.92 Å². The van der Waals surface area contributed by atoms with Gasteiger partial charge in [-0.1, -0.05) is 26.2 Å². The minimum absolute atomic E-state index is 0.564. The lowest BCUT2D eigenvalue weighted by Crippen LogP contribution is -2.20. The molecule has 1 aromatic heterocycles. The van der Waals surface area contributed by atoms with Gasteiger partial charge >= 0.3 is 0 Å². The summed E-state index contributed by atoms with van der Waals surface area (Å²) in [6.45, 7) is 4.53. The molecule has 1 unspecified atom stereocenters. The largest absolute Gasteiger partial charge is 0.337 e. The Morgan fingerprint density at radius 1 is 1.44 bits per heavy atom. The lowest BCUT2D eigenvalue weighted by Gasteiger charge is -2.29. The first-order valence-electron chi connectivity index (χ1n) is 6.52. The summed E-state index contributed by atoms with van der Waals surface area (Å²) in [6.07, 6.45) is 10.1. The van der Waals surface area contributed by atoms with E-state index in [0.29, 0.717) is 6.04 Å². The van der Waals surface area contributed by atoms with Crippen LogP contribution in [0.4, 0.5) is 0 Å². The summed E-state index contributed by atoms with van der Waals surface area (Å²) in [5, 5.41) is 0. The third-order valence-corrected chi connectivity index (χ3v) is 4.31. The highest BCUT2D eigenvalue weighted by Gasteiger charge is 2.22. The number of imidazole rings is 1. The number of aryl methyl sites for hydroxylation is 1. The lowest BCUT2D eigenvalue weighted by molar-refractivity contribution is 0.259. The van der Waals surface area contributed by atoms with Crippen molar-refractivity contribution in [2.45, 2.75) is 58.4 Å². The van der Waals surface area contributed by atoms with Gasteiger partial charge in [0.05, 0.1) is 0 Å². The normalized spacial score (nSPS) is 19.9. The Morgan fingerprint density at radius 3 is 2.75 bits per heavy atom. The molecule has 3 heteroatoms. The van der Waals surface area contributed by atoms with Crippen LogP contribution < -0.4 is 0 Å². The molecule has 1 fully saturated rings. The maximum absolute atomic E-state index is 5.39. The average molecular weight is 238 g/mol. The highest BCUT2D eigenvalue weighted by molar-refractivity contribution is 7.71. The van der Waals surface area contributed by atoms with E-state index in [2.05, 4.69) is 29.6 Å². The summed E-state index contributed by atoms with van der Waals surface area (Å²) in [5.74, 6) is 0.821. The second-order valence-corrected chi connectivity index (χ2v) is 5.33. The molecule has 0 bridgehead atoms. The van der Waals surface area contributed by atoms with Crippen LogP contribution in [0.1, 0.15) is 57.7 Å². The molecule has 2 rings (SSSR count). The summed E-state index contributed by atoms with van der Waals surface area (Å²) in [7, 11) is 0. The molecule has 0 radical (unpaired) electrons. The van der Waals surface area contributed by atoms with Crippen molar-refractivity contribution in [3.05, 3.63) is 16.7 Å². The molecule has 90 valence electrons. The molecular weight excluding hydrogens is 216 g/mol. The van der Waals surface area contributed by atoms with Gasteiger partial charge in [0, 0.05) is 17.9 Å². The molecule has 0 amide bonds. The predicted octanol–water partition coefficient (Wildman–Crippen LogP) is 4.25. The smallest absolute Gasteiger partial charge is 0.177 e. The van der Waals surface area contributed by atoms with Crippen LogP contribution in [0.15, 0.2) is 6.20 Å². The standard InChI is InChI=1S/C13H22N2S/c1-3-12-9-14-13(16)15(12)10(2)11-7-5-4-6-8-11/h9-11H,3-8H2,1-2H3,(H,14,16). The maximum Gasteiger partial charge on any atom is 0.177 e. The molecule has 0 saturated heterocycles. The first-order chi connectivity index (χ1) is 7.74. The van der Waals surface area contributed by atoms with Crippen LogP contribution in [0.5, 0.6) is 0 Å². The number of rotatable bonds is 3. The fraction of sp³-hybridized carbons (Fsp3) is 0.769.